The lowest BCUT2D eigenvalue weighted by Gasteiger charge is -2.21. The van der Waals surface area contributed by atoms with Crippen molar-refractivity contribution in [1.29, 1.82) is 0 Å². The molecule has 0 radical (unpaired) electrons. The Bertz CT molecular complexity index is 757. The minimum absolute atomic E-state index is 0.169. The summed E-state index contributed by atoms with van der Waals surface area (Å²) >= 11 is 1.66. The second kappa shape index (κ2) is 2.69. The van der Waals surface area contributed by atoms with Crippen LogP contribution in [-0.2, 0) is 5.41 Å². The zero-order valence-corrected chi connectivity index (χ0v) is 10.5. The van der Waals surface area contributed by atoms with Crippen LogP contribution >= 0.6 is 11.3 Å². The van der Waals surface area contributed by atoms with Crippen molar-refractivity contribution < 1.29 is 4.79 Å². The second-order valence-corrected chi connectivity index (χ2v) is 6.53. The van der Waals surface area contributed by atoms with Gasteiger partial charge in [-0.15, -0.1) is 11.3 Å². The molecular weight excluding hydrogens is 242 g/mol. The number of carbonyl (C=O) groups is 1. The first-order chi connectivity index (χ1) is 8.80. The lowest BCUT2D eigenvalue weighted by Crippen LogP contribution is -2.23. The maximum atomic E-state index is 12.3. The van der Waals surface area contributed by atoms with Gasteiger partial charge in [-0.1, -0.05) is 18.2 Å². The number of rotatable bonds is 0. The average molecular weight is 253 g/mol. The fraction of sp³-hybridized carbons (Fsp3) is 0.267. The van der Waals surface area contributed by atoms with E-state index in [9.17, 15) is 4.79 Å². The van der Waals surface area contributed by atoms with Crippen molar-refractivity contribution >= 4 is 27.2 Å². The van der Waals surface area contributed by atoms with Crippen LogP contribution in [-0.4, -0.2) is 12.3 Å². The molecule has 88 valence electrons. The van der Waals surface area contributed by atoms with Crippen molar-refractivity contribution in [3.8, 4) is 0 Å². The number of nitrogens with one attached hydrogen (secondary N) is 1. The smallest absolute Gasteiger partial charge is 0.197 e. The molecule has 1 aliphatic heterocycles. The lowest BCUT2D eigenvalue weighted by atomic mass is 9.84. The molecule has 2 fully saturated rings. The van der Waals surface area contributed by atoms with Gasteiger partial charge in [0.2, 0.25) is 0 Å². The van der Waals surface area contributed by atoms with Crippen molar-refractivity contribution in [3.05, 3.63) is 46.5 Å². The monoisotopic (exact) mass is 253 g/mol. The molecule has 2 heterocycles. The molecular formula is C15H11NOS. The van der Waals surface area contributed by atoms with Gasteiger partial charge in [0.1, 0.15) is 0 Å². The largest absolute Gasteiger partial charge is 0.387 e. The van der Waals surface area contributed by atoms with Gasteiger partial charge in [0.25, 0.3) is 0 Å². The van der Waals surface area contributed by atoms with Gasteiger partial charge in [-0.05, 0) is 29.4 Å². The summed E-state index contributed by atoms with van der Waals surface area (Å²) in [6.07, 6.45) is 3.05. The van der Waals surface area contributed by atoms with Gasteiger partial charge < -0.3 is 5.32 Å². The lowest BCUT2D eigenvalue weighted by molar-refractivity contribution is 0.104. The second-order valence-electron chi connectivity index (χ2n) is 5.48. The average Bonchev–Trinajstić information content (AvgIpc) is 2.80. The molecule has 1 N–H and O–H groups in total. The third-order valence-corrected chi connectivity index (χ3v) is 5.85. The van der Waals surface area contributed by atoms with Crippen molar-refractivity contribution in [3.63, 3.8) is 0 Å². The van der Waals surface area contributed by atoms with Gasteiger partial charge in [-0.3, -0.25) is 4.79 Å². The number of fused-ring (bicyclic) bond motifs is 3. The molecule has 1 saturated carbocycles. The summed E-state index contributed by atoms with van der Waals surface area (Å²) in [5, 5.41) is 4.71. The molecule has 1 saturated heterocycles. The minimum atomic E-state index is 0.169. The number of benzene rings is 1. The van der Waals surface area contributed by atoms with E-state index in [2.05, 4.69) is 29.6 Å². The number of carbonyl (C=O) groups excluding carboxylic acids is 1. The van der Waals surface area contributed by atoms with E-state index in [1.54, 1.807) is 11.3 Å². The Kier molecular flexibility index (Phi) is 1.40. The molecule has 18 heavy (non-hydrogen) atoms. The van der Waals surface area contributed by atoms with E-state index in [0.29, 0.717) is 5.92 Å². The van der Waals surface area contributed by atoms with Crippen molar-refractivity contribution in [2.24, 2.45) is 5.92 Å². The minimum Gasteiger partial charge on any atom is -0.387 e. The summed E-state index contributed by atoms with van der Waals surface area (Å²) in [6, 6.07) is 8.43. The molecule has 1 spiro atoms. The van der Waals surface area contributed by atoms with Gasteiger partial charge in [-0.25, -0.2) is 0 Å². The normalized spacial score (nSPS) is 31.4. The third-order valence-electron chi connectivity index (χ3n) is 4.67. The SMILES string of the molecule is O=C1C=C2NCC3CC23c2c1sc1ccccc21. The molecule has 2 unspecified atom stereocenters. The first-order valence-corrected chi connectivity index (χ1v) is 7.15. The topological polar surface area (TPSA) is 29.1 Å². The predicted molar refractivity (Wildman–Crippen MR) is 72.0 cm³/mol. The van der Waals surface area contributed by atoms with E-state index in [-0.39, 0.29) is 11.2 Å². The van der Waals surface area contributed by atoms with Gasteiger partial charge in [0.05, 0.1) is 4.88 Å². The highest BCUT2D eigenvalue weighted by Crippen LogP contribution is 2.65. The van der Waals surface area contributed by atoms with E-state index in [0.717, 1.165) is 11.4 Å². The van der Waals surface area contributed by atoms with Gasteiger partial charge in [0, 0.05) is 28.4 Å². The first kappa shape index (κ1) is 9.34. The summed E-state index contributed by atoms with van der Waals surface area (Å²) in [5.74, 6) is 0.889. The van der Waals surface area contributed by atoms with Gasteiger partial charge in [-0.2, -0.15) is 0 Å². The van der Waals surface area contributed by atoms with E-state index >= 15 is 0 Å². The van der Waals surface area contributed by atoms with Crippen molar-refractivity contribution in [2.75, 3.05) is 6.54 Å². The molecule has 1 aromatic heterocycles. The number of piperidine rings is 1. The molecule has 2 atom stereocenters. The summed E-state index contributed by atoms with van der Waals surface area (Å²) in [4.78, 5) is 13.2. The van der Waals surface area contributed by atoms with Crippen LogP contribution in [0.2, 0.25) is 0 Å². The predicted octanol–water partition coefficient (Wildman–Crippen LogP) is 2.84. The molecule has 2 aliphatic carbocycles. The molecule has 3 aliphatic rings. The molecule has 2 nitrogen and oxygen atoms in total. The third kappa shape index (κ3) is 0.841. The summed E-state index contributed by atoms with van der Waals surface area (Å²) < 4.78 is 1.25. The Balaban J connectivity index is 1.95. The Morgan fingerprint density at radius 3 is 3.11 bits per heavy atom. The van der Waals surface area contributed by atoms with Crippen LogP contribution in [0.4, 0.5) is 0 Å². The van der Waals surface area contributed by atoms with E-state index < -0.39 is 0 Å². The number of hydrogen-bond donors (Lipinski definition) is 1. The zero-order chi connectivity index (χ0) is 11.9. The van der Waals surface area contributed by atoms with Crippen molar-refractivity contribution in [1.82, 2.24) is 5.32 Å². The van der Waals surface area contributed by atoms with Crippen molar-refractivity contribution in [2.45, 2.75) is 11.8 Å². The molecule has 0 bridgehead atoms. The maximum Gasteiger partial charge on any atom is 0.197 e. The Morgan fingerprint density at radius 1 is 1.33 bits per heavy atom. The molecule has 0 amide bonds. The molecule has 1 aromatic carbocycles. The molecule has 5 rings (SSSR count). The van der Waals surface area contributed by atoms with Crippen LogP contribution in [0, 0.1) is 5.92 Å². The molecule has 3 heteroatoms. The van der Waals surface area contributed by atoms with Crippen LogP contribution in [0.5, 0.6) is 0 Å². The van der Waals surface area contributed by atoms with Crippen LogP contribution in [0.15, 0.2) is 36.0 Å². The van der Waals surface area contributed by atoms with Crippen LogP contribution in [0.25, 0.3) is 10.1 Å². The van der Waals surface area contributed by atoms with E-state index in [4.69, 9.17) is 0 Å². The fourth-order valence-corrected chi connectivity index (χ4v) is 4.98. The standard InChI is InChI=1S/C15H11NOS/c17-10-5-12-15(6-8(15)7-16-12)13-9-3-1-2-4-11(9)18-14(10)13/h1-5,8,16H,6-7H2. The zero-order valence-electron chi connectivity index (χ0n) is 9.69. The Morgan fingerprint density at radius 2 is 2.22 bits per heavy atom. The first-order valence-electron chi connectivity index (χ1n) is 6.33. The summed E-state index contributed by atoms with van der Waals surface area (Å²) in [7, 11) is 0. The summed E-state index contributed by atoms with van der Waals surface area (Å²) in [6.45, 7) is 1.03. The highest BCUT2D eigenvalue weighted by atomic mass is 32.1. The number of hydrogen-bond acceptors (Lipinski definition) is 3. The van der Waals surface area contributed by atoms with Gasteiger partial charge >= 0.3 is 0 Å². The maximum absolute atomic E-state index is 12.3. The Hall–Kier alpha value is -1.61. The fourth-order valence-electron chi connectivity index (χ4n) is 3.78. The highest BCUT2D eigenvalue weighted by Gasteiger charge is 2.64. The molecule has 2 aromatic rings. The van der Waals surface area contributed by atoms with Gasteiger partial charge in [0.15, 0.2) is 5.78 Å². The highest BCUT2D eigenvalue weighted by molar-refractivity contribution is 7.21. The summed E-state index contributed by atoms with van der Waals surface area (Å²) in [5.41, 5.74) is 2.66. The number of allylic oxidation sites excluding steroid dienone is 2. The van der Waals surface area contributed by atoms with Crippen LogP contribution < -0.4 is 5.32 Å². The number of thiophene rings is 1. The van der Waals surface area contributed by atoms with E-state index in [1.807, 2.05) is 6.08 Å². The Labute approximate surface area is 108 Å². The quantitative estimate of drug-likeness (QED) is 0.782. The van der Waals surface area contributed by atoms with Crippen LogP contribution in [0.3, 0.4) is 0 Å². The van der Waals surface area contributed by atoms with Crippen LogP contribution in [0.1, 0.15) is 21.7 Å². The van der Waals surface area contributed by atoms with E-state index in [1.165, 1.54) is 27.8 Å². The number of ketones is 1.